The Hall–Kier alpha value is -2.08. The maximum atomic E-state index is 12.5. The number of halogens is 1. The second-order valence-electron chi connectivity index (χ2n) is 5.80. The number of carbonyl (C=O) groups excluding carboxylic acids is 2. The number of aromatic amines is 1. The van der Waals surface area contributed by atoms with Crippen LogP contribution in [-0.4, -0.2) is 35.2 Å². The molecule has 1 heterocycles. The second kappa shape index (κ2) is 6.58. The number of nitrogens with one attached hydrogen (secondary N) is 2. The third-order valence-electron chi connectivity index (χ3n) is 4.40. The quantitative estimate of drug-likeness (QED) is 0.845. The van der Waals surface area contributed by atoms with Crippen LogP contribution < -0.4 is 5.32 Å². The van der Waals surface area contributed by atoms with Gasteiger partial charge in [0.1, 0.15) is 0 Å². The first kappa shape index (κ1) is 15.8. The zero-order valence-electron chi connectivity index (χ0n) is 12.8. The summed E-state index contributed by atoms with van der Waals surface area (Å²) in [5.74, 6) is -0.368. The molecular weight excluding hydrogens is 318 g/mol. The third-order valence-corrected chi connectivity index (χ3v) is 4.73. The zero-order chi connectivity index (χ0) is 16.4. The number of ether oxygens (including phenoxy) is 1. The van der Waals surface area contributed by atoms with Gasteiger partial charge >= 0.3 is 5.97 Å². The predicted molar refractivity (Wildman–Crippen MR) is 86.3 cm³/mol. The minimum atomic E-state index is -0.161. The lowest BCUT2D eigenvalue weighted by molar-refractivity contribution is -0.146. The third kappa shape index (κ3) is 3.17. The van der Waals surface area contributed by atoms with Crippen LogP contribution in [0.15, 0.2) is 18.3 Å². The fourth-order valence-electron chi connectivity index (χ4n) is 3.09. The molecule has 0 spiro atoms. The van der Waals surface area contributed by atoms with E-state index in [0.29, 0.717) is 16.1 Å². The Bertz CT molecular complexity index is 735. The first-order chi connectivity index (χ1) is 11.1. The molecule has 0 aliphatic heterocycles. The van der Waals surface area contributed by atoms with E-state index in [0.717, 1.165) is 31.1 Å². The average molecular weight is 336 g/mol. The number of methoxy groups -OCH3 is 1. The summed E-state index contributed by atoms with van der Waals surface area (Å²) >= 11 is 6.09. The van der Waals surface area contributed by atoms with E-state index >= 15 is 0 Å². The van der Waals surface area contributed by atoms with Crippen molar-refractivity contribution in [1.82, 2.24) is 15.5 Å². The van der Waals surface area contributed by atoms with Crippen LogP contribution in [0.25, 0.3) is 10.9 Å². The Morgan fingerprint density at radius 2 is 2.04 bits per heavy atom. The number of amides is 1. The number of esters is 1. The molecule has 2 N–H and O–H groups in total. The summed E-state index contributed by atoms with van der Waals surface area (Å²) < 4.78 is 4.78. The molecule has 2 aromatic rings. The summed E-state index contributed by atoms with van der Waals surface area (Å²) in [6, 6.07) is 3.46. The van der Waals surface area contributed by atoms with E-state index in [1.807, 2.05) is 0 Å². The van der Waals surface area contributed by atoms with Crippen LogP contribution in [0.4, 0.5) is 0 Å². The molecule has 1 saturated carbocycles. The number of fused-ring (bicyclic) bond motifs is 1. The Morgan fingerprint density at radius 1 is 1.30 bits per heavy atom. The first-order valence-electron chi connectivity index (χ1n) is 7.60. The summed E-state index contributed by atoms with van der Waals surface area (Å²) in [5.41, 5.74) is 1.16. The Kier molecular flexibility index (Phi) is 4.52. The summed E-state index contributed by atoms with van der Waals surface area (Å²) in [7, 11) is 1.41. The van der Waals surface area contributed by atoms with E-state index in [9.17, 15) is 9.59 Å². The molecule has 0 unspecified atom stereocenters. The summed E-state index contributed by atoms with van der Waals surface area (Å²) in [4.78, 5) is 24.0. The van der Waals surface area contributed by atoms with Gasteiger partial charge in [-0.25, -0.2) is 0 Å². The molecule has 1 aromatic carbocycles. The van der Waals surface area contributed by atoms with E-state index in [2.05, 4.69) is 15.5 Å². The molecule has 1 fully saturated rings. The van der Waals surface area contributed by atoms with Crippen LogP contribution in [0, 0.1) is 5.92 Å². The standard InChI is InChI=1S/C16H18ClN3O3/c1-23-16(22)9-2-4-10(5-3-9)19-15(21)11-6-7-13(17)12-8-18-20-14(11)12/h6-10H,2-5H2,1H3,(H,18,20)(H,19,21)/t9-,10-. The fraction of sp³-hybridized carbons (Fsp3) is 0.438. The number of nitrogens with zero attached hydrogens (tertiary/aromatic N) is 1. The molecule has 1 aromatic heterocycles. The highest BCUT2D eigenvalue weighted by Crippen LogP contribution is 2.27. The molecule has 0 saturated heterocycles. The molecule has 1 aliphatic carbocycles. The van der Waals surface area contributed by atoms with E-state index in [1.54, 1.807) is 18.3 Å². The number of benzene rings is 1. The number of aromatic nitrogens is 2. The van der Waals surface area contributed by atoms with Gasteiger partial charge in [-0.1, -0.05) is 11.6 Å². The van der Waals surface area contributed by atoms with Gasteiger partial charge in [-0.05, 0) is 37.8 Å². The highest BCUT2D eigenvalue weighted by molar-refractivity contribution is 6.35. The molecule has 7 heteroatoms. The largest absolute Gasteiger partial charge is 0.469 e. The minimum absolute atomic E-state index is 0.0528. The molecule has 3 rings (SSSR count). The summed E-state index contributed by atoms with van der Waals surface area (Å²) in [6.07, 6.45) is 4.61. The highest BCUT2D eigenvalue weighted by atomic mass is 35.5. The number of hydrogen-bond donors (Lipinski definition) is 2. The molecule has 0 bridgehead atoms. The van der Waals surface area contributed by atoms with Gasteiger partial charge in [-0.15, -0.1) is 0 Å². The molecule has 0 radical (unpaired) electrons. The summed E-state index contributed by atoms with van der Waals surface area (Å²) in [5, 5.41) is 11.1. The lowest BCUT2D eigenvalue weighted by atomic mass is 9.86. The van der Waals surface area contributed by atoms with E-state index < -0.39 is 0 Å². The molecule has 0 atom stereocenters. The maximum absolute atomic E-state index is 12.5. The van der Waals surface area contributed by atoms with Crippen LogP contribution in [0.2, 0.25) is 5.02 Å². The van der Waals surface area contributed by atoms with Crippen LogP contribution >= 0.6 is 11.6 Å². The van der Waals surface area contributed by atoms with Crippen molar-refractivity contribution in [3.8, 4) is 0 Å². The van der Waals surface area contributed by atoms with Gasteiger partial charge in [0.05, 0.1) is 35.3 Å². The molecular formula is C16H18ClN3O3. The van der Waals surface area contributed by atoms with Gasteiger partial charge in [-0.2, -0.15) is 5.10 Å². The minimum Gasteiger partial charge on any atom is -0.469 e. The van der Waals surface area contributed by atoms with E-state index in [1.165, 1.54) is 7.11 Å². The SMILES string of the molecule is COC(=O)[C@H]1CC[C@H](NC(=O)c2ccc(Cl)c3cn[nH]c23)CC1. The van der Waals surface area contributed by atoms with Gasteiger partial charge in [0.2, 0.25) is 0 Å². The van der Waals surface area contributed by atoms with Crippen molar-refractivity contribution in [1.29, 1.82) is 0 Å². The normalized spacial score (nSPS) is 21.1. The van der Waals surface area contributed by atoms with Crippen molar-refractivity contribution in [2.45, 2.75) is 31.7 Å². The smallest absolute Gasteiger partial charge is 0.308 e. The lowest BCUT2D eigenvalue weighted by Gasteiger charge is -2.27. The fourth-order valence-corrected chi connectivity index (χ4v) is 3.30. The molecule has 1 amide bonds. The van der Waals surface area contributed by atoms with E-state index in [-0.39, 0.29) is 23.8 Å². The van der Waals surface area contributed by atoms with Gasteiger partial charge < -0.3 is 10.1 Å². The van der Waals surface area contributed by atoms with Gasteiger partial charge in [-0.3, -0.25) is 14.7 Å². The summed E-state index contributed by atoms with van der Waals surface area (Å²) in [6.45, 7) is 0. The van der Waals surface area contributed by atoms with Crippen molar-refractivity contribution >= 4 is 34.4 Å². The first-order valence-corrected chi connectivity index (χ1v) is 7.98. The molecule has 1 aliphatic rings. The lowest BCUT2D eigenvalue weighted by Crippen LogP contribution is -2.39. The number of hydrogen-bond acceptors (Lipinski definition) is 4. The van der Waals surface area contributed by atoms with Crippen molar-refractivity contribution < 1.29 is 14.3 Å². The molecule has 122 valence electrons. The highest BCUT2D eigenvalue weighted by Gasteiger charge is 2.28. The second-order valence-corrected chi connectivity index (χ2v) is 6.21. The number of H-pyrrole nitrogens is 1. The number of rotatable bonds is 3. The maximum Gasteiger partial charge on any atom is 0.308 e. The Balaban J connectivity index is 1.67. The van der Waals surface area contributed by atoms with Crippen LogP contribution in [0.1, 0.15) is 36.0 Å². The van der Waals surface area contributed by atoms with Gasteiger partial charge in [0, 0.05) is 11.4 Å². The van der Waals surface area contributed by atoms with Gasteiger partial charge in [0.15, 0.2) is 0 Å². The van der Waals surface area contributed by atoms with Crippen LogP contribution in [-0.2, 0) is 9.53 Å². The zero-order valence-corrected chi connectivity index (χ0v) is 13.5. The number of carbonyl (C=O) groups is 2. The van der Waals surface area contributed by atoms with Crippen molar-refractivity contribution in [3.05, 3.63) is 28.9 Å². The van der Waals surface area contributed by atoms with Crippen LogP contribution in [0.5, 0.6) is 0 Å². The predicted octanol–water partition coefficient (Wildman–Crippen LogP) is 2.68. The Labute approximate surface area is 138 Å². The van der Waals surface area contributed by atoms with Crippen molar-refractivity contribution in [2.24, 2.45) is 5.92 Å². The molecule has 6 nitrogen and oxygen atoms in total. The van der Waals surface area contributed by atoms with Crippen molar-refractivity contribution in [2.75, 3.05) is 7.11 Å². The molecule has 23 heavy (non-hydrogen) atoms. The Morgan fingerprint density at radius 3 is 2.74 bits per heavy atom. The monoisotopic (exact) mass is 335 g/mol. The van der Waals surface area contributed by atoms with Crippen molar-refractivity contribution in [3.63, 3.8) is 0 Å². The van der Waals surface area contributed by atoms with Gasteiger partial charge in [0.25, 0.3) is 5.91 Å². The topological polar surface area (TPSA) is 84.1 Å². The van der Waals surface area contributed by atoms with E-state index in [4.69, 9.17) is 16.3 Å². The average Bonchev–Trinajstić information content (AvgIpc) is 3.05. The van der Waals surface area contributed by atoms with Crippen LogP contribution in [0.3, 0.4) is 0 Å².